The number of hydrogen-bond acceptors (Lipinski definition) is 3. The van der Waals surface area contributed by atoms with Crippen LogP contribution in [0.3, 0.4) is 0 Å². The van der Waals surface area contributed by atoms with E-state index in [2.05, 4.69) is 15.9 Å². The molecule has 0 aliphatic rings. The van der Waals surface area contributed by atoms with E-state index in [-0.39, 0.29) is 6.10 Å². The van der Waals surface area contributed by atoms with Gasteiger partial charge in [-0.25, -0.2) is 0 Å². The van der Waals surface area contributed by atoms with Crippen molar-refractivity contribution in [2.75, 3.05) is 6.54 Å². The normalized spacial score (nSPS) is 13.2. The molecule has 0 aromatic carbocycles. The highest BCUT2D eigenvalue weighted by molar-refractivity contribution is 9.10. The van der Waals surface area contributed by atoms with Gasteiger partial charge in [0.2, 0.25) is 0 Å². The predicted molar refractivity (Wildman–Crippen MR) is 55.4 cm³/mol. The average Bonchev–Trinajstić information content (AvgIpc) is 2.37. The third-order valence-electron chi connectivity index (χ3n) is 1.61. The summed E-state index contributed by atoms with van der Waals surface area (Å²) in [6, 6.07) is 2.00. The Balaban J connectivity index is 2.46. The molecule has 4 heteroatoms. The van der Waals surface area contributed by atoms with Gasteiger partial charge in [0.05, 0.1) is 6.10 Å². The summed E-state index contributed by atoms with van der Waals surface area (Å²) in [5, 5.41) is 11.5. The summed E-state index contributed by atoms with van der Waals surface area (Å²) in [6.07, 6.45) is 1.07. The lowest BCUT2D eigenvalue weighted by atomic mass is 10.1. The smallest absolute Gasteiger partial charge is 0.0600 e. The lowest BCUT2D eigenvalue weighted by Crippen LogP contribution is -2.15. The zero-order valence-corrected chi connectivity index (χ0v) is 9.07. The van der Waals surface area contributed by atoms with Gasteiger partial charge in [-0.15, -0.1) is 11.3 Å². The van der Waals surface area contributed by atoms with Crippen molar-refractivity contribution in [1.82, 2.24) is 0 Å². The maximum Gasteiger partial charge on any atom is 0.0600 e. The first-order chi connectivity index (χ1) is 5.74. The summed E-state index contributed by atoms with van der Waals surface area (Å²) >= 11 is 5.07. The second-order valence-corrected chi connectivity index (χ2v) is 4.48. The van der Waals surface area contributed by atoms with Gasteiger partial charge in [-0.05, 0) is 40.3 Å². The van der Waals surface area contributed by atoms with Crippen molar-refractivity contribution in [3.8, 4) is 0 Å². The van der Waals surface area contributed by atoms with E-state index in [1.54, 1.807) is 11.3 Å². The van der Waals surface area contributed by atoms with E-state index in [1.165, 1.54) is 4.88 Å². The molecule has 0 bridgehead atoms. The molecule has 0 saturated heterocycles. The molecule has 1 unspecified atom stereocenters. The van der Waals surface area contributed by atoms with E-state index in [0.29, 0.717) is 19.4 Å². The zero-order chi connectivity index (χ0) is 8.97. The minimum absolute atomic E-state index is 0.301. The van der Waals surface area contributed by atoms with Crippen LogP contribution in [0.25, 0.3) is 0 Å². The summed E-state index contributed by atoms with van der Waals surface area (Å²) in [7, 11) is 0. The Hall–Kier alpha value is 0.100. The number of rotatable bonds is 4. The van der Waals surface area contributed by atoms with E-state index in [0.717, 1.165) is 4.47 Å². The van der Waals surface area contributed by atoms with E-state index >= 15 is 0 Å². The van der Waals surface area contributed by atoms with Crippen LogP contribution in [0, 0.1) is 0 Å². The molecule has 3 N–H and O–H groups in total. The Morgan fingerprint density at radius 3 is 2.92 bits per heavy atom. The molecule has 12 heavy (non-hydrogen) atoms. The van der Waals surface area contributed by atoms with E-state index in [9.17, 15) is 5.11 Å². The minimum Gasteiger partial charge on any atom is -0.393 e. The van der Waals surface area contributed by atoms with Crippen LogP contribution in [0.1, 0.15) is 11.3 Å². The van der Waals surface area contributed by atoms with E-state index < -0.39 is 0 Å². The van der Waals surface area contributed by atoms with Crippen molar-refractivity contribution in [2.45, 2.75) is 18.9 Å². The van der Waals surface area contributed by atoms with Gasteiger partial charge in [-0.2, -0.15) is 0 Å². The van der Waals surface area contributed by atoms with Crippen LogP contribution in [-0.4, -0.2) is 17.8 Å². The van der Waals surface area contributed by atoms with Crippen LogP contribution in [0.5, 0.6) is 0 Å². The van der Waals surface area contributed by atoms with Gasteiger partial charge in [0.1, 0.15) is 0 Å². The third-order valence-corrected chi connectivity index (χ3v) is 3.56. The molecule has 0 aliphatic carbocycles. The molecular formula is C8H12BrNOS. The van der Waals surface area contributed by atoms with Crippen LogP contribution in [-0.2, 0) is 6.42 Å². The fourth-order valence-electron chi connectivity index (χ4n) is 0.979. The summed E-state index contributed by atoms with van der Waals surface area (Å²) in [5.74, 6) is 0. The average molecular weight is 250 g/mol. The molecule has 1 atom stereocenters. The Labute approximate surface area is 84.5 Å². The highest BCUT2D eigenvalue weighted by Crippen LogP contribution is 2.24. The first-order valence-corrected chi connectivity index (χ1v) is 5.51. The van der Waals surface area contributed by atoms with Gasteiger partial charge < -0.3 is 10.8 Å². The summed E-state index contributed by atoms with van der Waals surface area (Å²) < 4.78 is 1.09. The second kappa shape index (κ2) is 4.97. The number of aliphatic hydroxyl groups is 1. The molecule has 0 spiro atoms. The van der Waals surface area contributed by atoms with Crippen LogP contribution >= 0.6 is 27.3 Å². The van der Waals surface area contributed by atoms with Crippen LogP contribution in [0.15, 0.2) is 15.9 Å². The van der Waals surface area contributed by atoms with Gasteiger partial charge in [-0.1, -0.05) is 0 Å². The van der Waals surface area contributed by atoms with Crippen LogP contribution < -0.4 is 5.73 Å². The second-order valence-electron chi connectivity index (χ2n) is 2.63. The third kappa shape index (κ3) is 2.86. The van der Waals surface area contributed by atoms with Gasteiger partial charge in [0.25, 0.3) is 0 Å². The highest BCUT2D eigenvalue weighted by Gasteiger charge is 2.07. The lowest BCUT2D eigenvalue weighted by Gasteiger charge is -2.07. The van der Waals surface area contributed by atoms with Gasteiger partial charge in [0.15, 0.2) is 0 Å². The van der Waals surface area contributed by atoms with Gasteiger partial charge in [-0.3, -0.25) is 0 Å². The maximum atomic E-state index is 9.45. The topological polar surface area (TPSA) is 46.2 Å². The molecule has 0 amide bonds. The number of hydrogen-bond donors (Lipinski definition) is 2. The fourth-order valence-corrected chi connectivity index (χ4v) is 2.57. The molecule has 1 heterocycles. The Bertz CT molecular complexity index is 239. The van der Waals surface area contributed by atoms with Crippen molar-refractivity contribution in [1.29, 1.82) is 0 Å². The monoisotopic (exact) mass is 249 g/mol. The van der Waals surface area contributed by atoms with Crippen molar-refractivity contribution in [3.63, 3.8) is 0 Å². The molecule has 1 aromatic rings. The van der Waals surface area contributed by atoms with Crippen molar-refractivity contribution >= 4 is 27.3 Å². The number of aliphatic hydroxyl groups excluding tert-OH is 1. The molecule has 1 rings (SSSR count). The standard InChI is InChI=1S/C8H12BrNOS/c9-7-2-4-12-8(7)5-6(11)1-3-10/h2,4,6,11H,1,3,5,10H2. The molecule has 0 aliphatic heterocycles. The van der Waals surface area contributed by atoms with Crippen LogP contribution in [0.4, 0.5) is 0 Å². The van der Waals surface area contributed by atoms with E-state index in [1.807, 2.05) is 11.4 Å². The SMILES string of the molecule is NCCC(O)Cc1sccc1Br. The summed E-state index contributed by atoms with van der Waals surface area (Å²) in [5.41, 5.74) is 5.33. The summed E-state index contributed by atoms with van der Waals surface area (Å²) in [6.45, 7) is 0.546. The molecule has 0 saturated carbocycles. The highest BCUT2D eigenvalue weighted by atomic mass is 79.9. The first-order valence-electron chi connectivity index (χ1n) is 3.84. The Morgan fingerprint density at radius 1 is 1.67 bits per heavy atom. The van der Waals surface area contributed by atoms with Gasteiger partial charge >= 0.3 is 0 Å². The molecule has 1 aromatic heterocycles. The maximum absolute atomic E-state index is 9.45. The molecule has 68 valence electrons. The molecule has 0 fully saturated rings. The Kier molecular flexibility index (Phi) is 4.21. The zero-order valence-electron chi connectivity index (χ0n) is 6.66. The lowest BCUT2D eigenvalue weighted by molar-refractivity contribution is 0.168. The molecular weight excluding hydrogens is 238 g/mol. The molecule has 2 nitrogen and oxygen atoms in total. The number of halogens is 1. The van der Waals surface area contributed by atoms with Crippen LogP contribution in [0.2, 0.25) is 0 Å². The first kappa shape index (κ1) is 10.2. The molecule has 0 radical (unpaired) electrons. The fraction of sp³-hybridized carbons (Fsp3) is 0.500. The minimum atomic E-state index is -0.301. The van der Waals surface area contributed by atoms with E-state index in [4.69, 9.17) is 5.73 Å². The van der Waals surface area contributed by atoms with Crippen molar-refractivity contribution in [3.05, 3.63) is 20.8 Å². The van der Waals surface area contributed by atoms with Crippen molar-refractivity contribution < 1.29 is 5.11 Å². The summed E-state index contributed by atoms with van der Waals surface area (Å²) in [4.78, 5) is 1.19. The number of nitrogens with two attached hydrogens (primary N) is 1. The quantitative estimate of drug-likeness (QED) is 0.855. The largest absolute Gasteiger partial charge is 0.393 e. The van der Waals surface area contributed by atoms with Gasteiger partial charge in [0, 0.05) is 15.8 Å². The predicted octanol–water partition coefficient (Wildman–Crippen LogP) is 1.76. The Morgan fingerprint density at radius 2 is 2.42 bits per heavy atom. The van der Waals surface area contributed by atoms with Crippen molar-refractivity contribution in [2.24, 2.45) is 5.73 Å². The number of thiophene rings is 1.